The highest BCUT2D eigenvalue weighted by atomic mass is 16.3. The van der Waals surface area contributed by atoms with E-state index < -0.39 is 0 Å². The van der Waals surface area contributed by atoms with Crippen LogP contribution in [0.5, 0.6) is 0 Å². The van der Waals surface area contributed by atoms with E-state index in [2.05, 4.69) is 72.8 Å². The Bertz CT molecular complexity index is 2780. The molecule has 5 heteroatoms. The van der Waals surface area contributed by atoms with Crippen molar-refractivity contribution in [1.82, 2.24) is 15.0 Å². The second-order valence-corrected chi connectivity index (χ2v) is 12.0. The number of furan rings is 2. The van der Waals surface area contributed by atoms with Gasteiger partial charge in [0, 0.05) is 43.6 Å². The molecule has 10 aromatic rings. The van der Waals surface area contributed by atoms with E-state index in [0.29, 0.717) is 17.5 Å². The lowest BCUT2D eigenvalue weighted by Gasteiger charge is -2.11. The maximum atomic E-state index is 6.81. The molecule has 48 heavy (non-hydrogen) atoms. The lowest BCUT2D eigenvalue weighted by molar-refractivity contribution is 0.669. The maximum Gasteiger partial charge on any atom is 0.164 e. The first-order valence-electron chi connectivity index (χ1n) is 15.9. The first kappa shape index (κ1) is 26.6. The van der Waals surface area contributed by atoms with Crippen molar-refractivity contribution in [1.29, 1.82) is 0 Å². The Hall–Kier alpha value is -6.59. The van der Waals surface area contributed by atoms with Crippen molar-refractivity contribution < 1.29 is 8.83 Å². The van der Waals surface area contributed by atoms with E-state index in [9.17, 15) is 0 Å². The molecule has 0 aliphatic carbocycles. The van der Waals surface area contributed by atoms with Gasteiger partial charge in [0.1, 0.15) is 22.3 Å². The van der Waals surface area contributed by atoms with E-state index in [-0.39, 0.29) is 0 Å². The summed E-state index contributed by atoms with van der Waals surface area (Å²) in [7, 11) is 0. The van der Waals surface area contributed by atoms with Crippen LogP contribution in [0.15, 0.2) is 160 Å². The molecule has 3 heterocycles. The predicted octanol–water partition coefficient (Wildman–Crippen LogP) is 11.5. The topological polar surface area (TPSA) is 65.0 Å². The lowest BCUT2D eigenvalue weighted by atomic mass is 9.93. The molecule has 0 saturated heterocycles. The van der Waals surface area contributed by atoms with Crippen LogP contribution in [0, 0.1) is 0 Å². The SMILES string of the molecule is c1ccc(-c2nc(-c3ccccc3)nc(-c3cc(-c4cccc5oc6ccccc6c45)c4c(c3)oc3c5ccccc5ccc34)n2)cc1. The van der Waals surface area contributed by atoms with Gasteiger partial charge in [-0.1, -0.05) is 121 Å². The van der Waals surface area contributed by atoms with Gasteiger partial charge >= 0.3 is 0 Å². The van der Waals surface area contributed by atoms with Crippen LogP contribution in [-0.2, 0) is 0 Å². The molecule has 0 atom stereocenters. The minimum Gasteiger partial charge on any atom is -0.456 e. The van der Waals surface area contributed by atoms with Gasteiger partial charge in [0.15, 0.2) is 17.5 Å². The zero-order valence-corrected chi connectivity index (χ0v) is 25.6. The van der Waals surface area contributed by atoms with Gasteiger partial charge in [-0.15, -0.1) is 0 Å². The highest BCUT2D eigenvalue weighted by molar-refractivity contribution is 6.23. The summed E-state index contributed by atoms with van der Waals surface area (Å²) in [5.41, 5.74) is 8.07. The Balaban J connectivity index is 1.32. The Morgan fingerprint density at radius 2 is 0.958 bits per heavy atom. The number of nitrogens with zero attached hydrogens (tertiary/aromatic N) is 3. The standard InChI is InChI=1S/C43H25N3O2/c1-3-13-27(14-4-1)41-44-42(28-15-5-2-6-16-28)46-43(45-41)29-24-34(31-19-11-21-36-38(31)32-18-9-10-20-35(32)47-36)39-33-23-22-26-12-7-8-17-30(26)40(33)48-37(39)25-29/h1-25H. The number of rotatable bonds is 4. The Morgan fingerprint density at radius 3 is 1.71 bits per heavy atom. The quantitative estimate of drug-likeness (QED) is 0.197. The maximum absolute atomic E-state index is 6.81. The molecule has 5 nitrogen and oxygen atoms in total. The van der Waals surface area contributed by atoms with Gasteiger partial charge < -0.3 is 8.83 Å². The van der Waals surface area contributed by atoms with E-state index >= 15 is 0 Å². The fraction of sp³-hybridized carbons (Fsp3) is 0. The second-order valence-electron chi connectivity index (χ2n) is 12.0. The fourth-order valence-corrected chi connectivity index (χ4v) is 6.91. The smallest absolute Gasteiger partial charge is 0.164 e. The van der Waals surface area contributed by atoms with Crippen molar-refractivity contribution in [2.24, 2.45) is 0 Å². The lowest BCUT2D eigenvalue weighted by Crippen LogP contribution is -2.00. The average Bonchev–Trinajstić information content (AvgIpc) is 3.74. The van der Waals surface area contributed by atoms with E-state index in [1.807, 2.05) is 78.9 Å². The summed E-state index contributed by atoms with van der Waals surface area (Å²) in [6.07, 6.45) is 0. The van der Waals surface area contributed by atoms with Crippen LogP contribution < -0.4 is 0 Å². The van der Waals surface area contributed by atoms with E-state index in [0.717, 1.165) is 82.5 Å². The second kappa shape index (κ2) is 10.5. The predicted molar refractivity (Wildman–Crippen MR) is 194 cm³/mol. The zero-order chi connectivity index (χ0) is 31.6. The molecule has 224 valence electrons. The summed E-state index contributed by atoms with van der Waals surface area (Å²) < 4.78 is 13.1. The van der Waals surface area contributed by atoms with Crippen LogP contribution in [0.4, 0.5) is 0 Å². The molecule has 0 unspecified atom stereocenters. The molecular formula is C43H25N3O2. The summed E-state index contributed by atoms with van der Waals surface area (Å²) in [6.45, 7) is 0. The molecule has 0 aliphatic heterocycles. The highest BCUT2D eigenvalue weighted by Crippen LogP contribution is 2.45. The van der Waals surface area contributed by atoms with Crippen molar-refractivity contribution in [3.8, 4) is 45.3 Å². The van der Waals surface area contributed by atoms with Crippen molar-refractivity contribution in [2.75, 3.05) is 0 Å². The van der Waals surface area contributed by atoms with E-state index in [1.54, 1.807) is 0 Å². The third-order valence-electron chi connectivity index (χ3n) is 9.11. The van der Waals surface area contributed by atoms with Crippen molar-refractivity contribution >= 4 is 54.6 Å². The summed E-state index contributed by atoms with van der Waals surface area (Å²) in [6, 6.07) is 51.5. The number of aromatic nitrogens is 3. The zero-order valence-electron chi connectivity index (χ0n) is 25.6. The minimum absolute atomic E-state index is 0.570. The average molecular weight is 616 g/mol. The van der Waals surface area contributed by atoms with Crippen LogP contribution in [0.2, 0.25) is 0 Å². The largest absolute Gasteiger partial charge is 0.456 e. The van der Waals surface area contributed by atoms with Crippen molar-refractivity contribution in [2.45, 2.75) is 0 Å². The molecule has 0 saturated carbocycles. The number of hydrogen-bond donors (Lipinski definition) is 0. The van der Waals surface area contributed by atoms with Crippen LogP contribution in [0.3, 0.4) is 0 Å². The molecule has 0 radical (unpaired) electrons. The molecule has 0 N–H and O–H groups in total. The summed E-state index contributed by atoms with van der Waals surface area (Å²) in [5.74, 6) is 1.79. The molecule has 3 aromatic heterocycles. The van der Waals surface area contributed by atoms with Gasteiger partial charge in [-0.3, -0.25) is 0 Å². The molecule has 0 fully saturated rings. The third-order valence-corrected chi connectivity index (χ3v) is 9.11. The normalized spacial score (nSPS) is 11.8. The van der Waals surface area contributed by atoms with Gasteiger partial charge in [-0.2, -0.15) is 0 Å². The van der Waals surface area contributed by atoms with Gasteiger partial charge in [-0.25, -0.2) is 15.0 Å². The summed E-state index contributed by atoms with van der Waals surface area (Å²) in [5, 5.41) is 6.43. The number of fused-ring (bicyclic) bond motifs is 8. The third kappa shape index (κ3) is 4.15. The Morgan fingerprint density at radius 1 is 0.354 bits per heavy atom. The molecule has 10 rings (SSSR count). The Kier molecular flexibility index (Phi) is 5.81. The van der Waals surface area contributed by atoms with Crippen LogP contribution >= 0.6 is 0 Å². The molecule has 0 amide bonds. The van der Waals surface area contributed by atoms with Crippen LogP contribution in [0.25, 0.3) is 99.9 Å². The van der Waals surface area contributed by atoms with Crippen LogP contribution in [0.1, 0.15) is 0 Å². The van der Waals surface area contributed by atoms with Gasteiger partial charge in [0.05, 0.1) is 0 Å². The van der Waals surface area contributed by atoms with Gasteiger partial charge in [0.25, 0.3) is 0 Å². The van der Waals surface area contributed by atoms with Crippen molar-refractivity contribution in [3.05, 3.63) is 152 Å². The van der Waals surface area contributed by atoms with Crippen molar-refractivity contribution in [3.63, 3.8) is 0 Å². The van der Waals surface area contributed by atoms with E-state index in [1.165, 1.54) is 0 Å². The molecular weight excluding hydrogens is 590 g/mol. The van der Waals surface area contributed by atoms with Crippen LogP contribution in [-0.4, -0.2) is 15.0 Å². The highest BCUT2D eigenvalue weighted by Gasteiger charge is 2.22. The van der Waals surface area contributed by atoms with Gasteiger partial charge in [-0.05, 0) is 46.8 Å². The van der Waals surface area contributed by atoms with E-state index in [4.69, 9.17) is 23.8 Å². The number of para-hydroxylation sites is 1. The monoisotopic (exact) mass is 615 g/mol. The molecule has 0 spiro atoms. The summed E-state index contributed by atoms with van der Waals surface area (Å²) in [4.78, 5) is 15.1. The number of hydrogen-bond acceptors (Lipinski definition) is 5. The molecule has 0 aliphatic rings. The fourth-order valence-electron chi connectivity index (χ4n) is 6.91. The number of benzene rings is 7. The first-order chi connectivity index (χ1) is 23.8. The molecule has 7 aromatic carbocycles. The summed E-state index contributed by atoms with van der Waals surface area (Å²) >= 11 is 0. The molecule has 0 bridgehead atoms. The minimum atomic E-state index is 0.570. The Labute approximate surface area is 274 Å². The first-order valence-corrected chi connectivity index (χ1v) is 15.9. The van der Waals surface area contributed by atoms with Gasteiger partial charge in [0.2, 0.25) is 0 Å².